The van der Waals surface area contributed by atoms with Gasteiger partial charge in [-0.1, -0.05) is 54.1 Å². The summed E-state index contributed by atoms with van der Waals surface area (Å²) in [5.41, 5.74) is 1.66. The number of hydrogen-bond acceptors (Lipinski definition) is 3. The van der Waals surface area contributed by atoms with Crippen LogP contribution in [0.1, 0.15) is 37.5 Å². The number of amides is 1. The third-order valence-corrected chi connectivity index (χ3v) is 4.93. The molecule has 1 N–H and O–H groups in total. The number of rotatable bonds is 2. The smallest absolute Gasteiger partial charge is 0.251 e. The number of fused-ring (bicyclic) bond motifs is 1. The van der Waals surface area contributed by atoms with Crippen LogP contribution in [0.2, 0.25) is 5.02 Å². The number of nitrogens with one attached hydrogen (secondary N) is 1. The van der Waals surface area contributed by atoms with Gasteiger partial charge in [-0.05, 0) is 24.6 Å². The lowest BCUT2D eigenvalue weighted by Crippen LogP contribution is -2.42. The Bertz CT molecular complexity index is 1010. The molecule has 0 heterocycles. The molecule has 26 heavy (non-hydrogen) atoms. The quantitative estimate of drug-likeness (QED) is 0.883. The Morgan fingerprint density at radius 1 is 1.00 bits per heavy atom. The minimum atomic E-state index is -0.550. The molecule has 2 aliphatic rings. The average molecular weight is 364 g/mol. The standard InChI is InChI=1S/C21H14ClNO3/c22-15-10-4-8-13-17(15)19(24)14-9-5-11-16(18(14)20(13)25)23-21(26)12-6-2-1-3-7-12/h1-10,16H,11H2,(H,23,26). The molecular formula is C21H14ClNO3. The molecule has 128 valence electrons. The van der Waals surface area contributed by atoms with E-state index in [2.05, 4.69) is 5.32 Å². The molecule has 1 atom stereocenters. The predicted molar refractivity (Wildman–Crippen MR) is 98.6 cm³/mol. The van der Waals surface area contributed by atoms with Crippen LogP contribution in [-0.4, -0.2) is 23.5 Å². The third kappa shape index (κ3) is 2.59. The number of halogens is 1. The Labute approximate surface area is 155 Å². The van der Waals surface area contributed by atoms with Crippen LogP contribution in [0.5, 0.6) is 0 Å². The van der Waals surface area contributed by atoms with Crippen LogP contribution in [0.15, 0.2) is 71.8 Å². The molecule has 2 aromatic rings. The lowest BCUT2D eigenvalue weighted by molar-refractivity contribution is 0.0925. The summed E-state index contributed by atoms with van der Waals surface area (Å²) in [6.45, 7) is 0. The molecule has 0 saturated carbocycles. The van der Waals surface area contributed by atoms with Gasteiger partial charge in [0.1, 0.15) is 0 Å². The fraction of sp³-hybridized carbons (Fsp3) is 0.0952. The lowest BCUT2D eigenvalue weighted by Gasteiger charge is -2.29. The molecule has 0 saturated heterocycles. The Morgan fingerprint density at radius 2 is 1.77 bits per heavy atom. The minimum Gasteiger partial charge on any atom is -0.345 e. The van der Waals surface area contributed by atoms with E-state index >= 15 is 0 Å². The van der Waals surface area contributed by atoms with Gasteiger partial charge in [0, 0.05) is 22.3 Å². The number of ketones is 2. The molecule has 2 aromatic carbocycles. The van der Waals surface area contributed by atoms with Crippen molar-refractivity contribution in [3.8, 4) is 0 Å². The summed E-state index contributed by atoms with van der Waals surface area (Å²) < 4.78 is 0. The zero-order valence-corrected chi connectivity index (χ0v) is 14.4. The van der Waals surface area contributed by atoms with E-state index in [4.69, 9.17) is 11.6 Å². The van der Waals surface area contributed by atoms with Gasteiger partial charge in [0.05, 0.1) is 16.6 Å². The van der Waals surface area contributed by atoms with Crippen LogP contribution >= 0.6 is 11.6 Å². The van der Waals surface area contributed by atoms with Gasteiger partial charge in [-0.25, -0.2) is 0 Å². The second kappa shape index (κ2) is 6.39. The Kier molecular flexibility index (Phi) is 4.05. The van der Waals surface area contributed by atoms with Crippen molar-refractivity contribution < 1.29 is 14.4 Å². The summed E-state index contributed by atoms with van der Waals surface area (Å²) in [5, 5.41) is 3.14. The van der Waals surface area contributed by atoms with Crippen LogP contribution in [0, 0.1) is 0 Å². The van der Waals surface area contributed by atoms with Crippen LogP contribution in [0.25, 0.3) is 0 Å². The van der Waals surface area contributed by atoms with Crippen molar-refractivity contribution in [1.29, 1.82) is 0 Å². The number of benzene rings is 2. The zero-order chi connectivity index (χ0) is 18.3. The van der Waals surface area contributed by atoms with E-state index in [-0.39, 0.29) is 33.6 Å². The van der Waals surface area contributed by atoms with E-state index in [9.17, 15) is 14.4 Å². The second-order valence-electron chi connectivity index (χ2n) is 6.18. The highest BCUT2D eigenvalue weighted by atomic mass is 35.5. The summed E-state index contributed by atoms with van der Waals surface area (Å²) in [6.07, 6.45) is 3.89. The summed E-state index contributed by atoms with van der Waals surface area (Å²) in [4.78, 5) is 38.4. The molecule has 0 bridgehead atoms. The molecule has 4 nitrogen and oxygen atoms in total. The van der Waals surface area contributed by atoms with E-state index in [1.807, 2.05) is 6.07 Å². The molecule has 4 rings (SSSR count). The summed E-state index contributed by atoms with van der Waals surface area (Å²) in [7, 11) is 0. The largest absolute Gasteiger partial charge is 0.345 e. The van der Waals surface area contributed by atoms with Crippen LogP contribution in [0.4, 0.5) is 0 Å². The van der Waals surface area contributed by atoms with Crippen molar-refractivity contribution in [2.75, 3.05) is 0 Å². The fourth-order valence-electron chi connectivity index (χ4n) is 3.38. The Balaban J connectivity index is 1.73. The van der Waals surface area contributed by atoms with E-state index in [0.29, 0.717) is 23.1 Å². The molecule has 0 radical (unpaired) electrons. The molecule has 0 fully saturated rings. The van der Waals surface area contributed by atoms with E-state index in [1.165, 1.54) is 0 Å². The van der Waals surface area contributed by atoms with Gasteiger partial charge >= 0.3 is 0 Å². The van der Waals surface area contributed by atoms with Crippen molar-refractivity contribution in [2.24, 2.45) is 0 Å². The molecule has 2 aliphatic carbocycles. The monoisotopic (exact) mass is 363 g/mol. The Hall–Kier alpha value is -2.98. The molecule has 0 aliphatic heterocycles. The first-order valence-electron chi connectivity index (χ1n) is 8.22. The van der Waals surface area contributed by atoms with Crippen molar-refractivity contribution in [3.05, 3.63) is 93.5 Å². The van der Waals surface area contributed by atoms with Gasteiger partial charge in [0.25, 0.3) is 5.91 Å². The normalized spacial score (nSPS) is 18.4. The maximum absolute atomic E-state index is 13.0. The van der Waals surface area contributed by atoms with Crippen molar-refractivity contribution >= 4 is 29.1 Å². The first kappa shape index (κ1) is 16.5. The third-order valence-electron chi connectivity index (χ3n) is 4.61. The molecule has 0 aromatic heterocycles. The molecular weight excluding hydrogens is 350 g/mol. The predicted octanol–water partition coefficient (Wildman–Crippen LogP) is 3.77. The second-order valence-corrected chi connectivity index (χ2v) is 6.59. The molecule has 1 amide bonds. The lowest BCUT2D eigenvalue weighted by atomic mass is 9.78. The highest BCUT2D eigenvalue weighted by Crippen LogP contribution is 2.35. The summed E-state index contributed by atoms with van der Waals surface area (Å²) in [5.74, 6) is -0.829. The topological polar surface area (TPSA) is 63.2 Å². The van der Waals surface area contributed by atoms with Gasteiger partial charge in [-0.2, -0.15) is 0 Å². The number of allylic oxidation sites excluding steroid dienone is 2. The first-order valence-corrected chi connectivity index (χ1v) is 8.60. The number of carbonyl (C=O) groups is 3. The SMILES string of the molecule is O=C(NC1CC=CC2=C1C(=O)c1cccc(Cl)c1C2=O)c1ccccc1. The minimum absolute atomic E-state index is 0.234. The highest BCUT2D eigenvalue weighted by molar-refractivity contribution is 6.39. The summed E-state index contributed by atoms with van der Waals surface area (Å²) in [6, 6.07) is 13.1. The van der Waals surface area contributed by atoms with E-state index in [0.717, 1.165) is 0 Å². The molecule has 0 spiro atoms. The summed E-state index contributed by atoms with van der Waals surface area (Å²) >= 11 is 6.14. The van der Waals surface area contributed by atoms with Crippen molar-refractivity contribution in [3.63, 3.8) is 0 Å². The molecule has 5 heteroatoms. The number of carbonyl (C=O) groups excluding carboxylic acids is 3. The first-order chi connectivity index (χ1) is 12.6. The van der Waals surface area contributed by atoms with Gasteiger partial charge in [0.2, 0.25) is 0 Å². The Morgan fingerprint density at radius 3 is 2.54 bits per heavy atom. The number of Topliss-reactive ketones (excluding diaryl/α,β-unsaturated/α-hetero) is 2. The van der Waals surface area contributed by atoms with E-state index < -0.39 is 6.04 Å². The molecule has 1 unspecified atom stereocenters. The van der Waals surface area contributed by atoms with Crippen molar-refractivity contribution in [2.45, 2.75) is 12.5 Å². The highest BCUT2D eigenvalue weighted by Gasteiger charge is 2.37. The van der Waals surface area contributed by atoms with E-state index in [1.54, 1.807) is 54.6 Å². The van der Waals surface area contributed by atoms with Gasteiger partial charge in [-0.15, -0.1) is 0 Å². The van der Waals surface area contributed by atoms with Gasteiger partial charge < -0.3 is 5.32 Å². The van der Waals surface area contributed by atoms with Crippen LogP contribution < -0.4 is 5.32 Å². The maximum atomic E-state index is 13.0. The average Bonchev–Trinajstić information content (AvgIpc) is 2.66. The fourth-order valence-corrected chi connectivity index (χ4v) is 3.64. The van der Waals surface area contributed by atoms with Gasteiger partial charge in [-0.3, -0.25) is 14.4 Å². The van der Waals surface area contributed by atoms with Crippen LogP contribution in [0.3, 0.4) is 0 Å². The van der Waals surface area contributed by atoms with Crippen LogP contribution in [-0.2, 0) is 0 Å². The zero-order valence-electron chi connectivity index (χ0n) is 13.7. The maximum Gasteiger partial charge on any atom is 0.251 e. The number of hydrogen-bond donors (Lipinski definition) is 1. The van der Waals surface area contributed by atoms with Gasteiger partial charge in [0.15, 0.2) is 11.6 Å². The van der Waals surface area contributed by atoms with Crippen molar-refractivity contribution in [1.82, 2.24) is 5.32 Å².